The van der Waals surface area contributed by atoms with Crippen molar-refractivity contribution in [2.75, 3.05) is 0 Å². The number of benzene rings is 2. The number of amides is 3. The molecule has 0 spiro atoms. The number of carboxylic acids is 2. The summed E-state index contributed by atoms with van der Waals surface area (Å²) in [5.41, 5.74) is 7.66. The van der Waals surface area contributed by atoms with Crippen LogP contribution in [0.3, 0.4) is 0 Å². The standard InChI is InChI=1S/C27H31N5O8/c1-14(28)24(36)30-20(10-15-6-8-17(33)9-7-15)25(37)31-21(26(38)32-22(27(39)40)12-23(34)35)11-16-13-29-19-5-3-2-4-18(16)19/h2-9,13-14,20-22,29,33H,10-12,28H2,1H3,(H,30,36)(H,31,37)(H,32,38)(H,34,35)(H,39,40). The topological polar surface area (TPSA) is 224 Å². The normalized spacial score (nSPS) is 13.9. The lowest BCUT2D eigenvalue weighted by atomic mass is 10.0. The van der Waals surface area contributed by atoms with Crippen molar-refractivity contribution in [3.05, 3.63) is 65.9 Å². The lowest BCUT2D eigenvalue weighted by molar-refractivity contribution is -0.147. The molecular formula is C27H31N5O8. The first-order valence-electron chi connectivity index (χ1n) is 12.4. The Kier molecular flexibility index (Phi) is 9.81. The van der Waals surface area contributed by atoms with Crippen LogP contribution in [0.1, 0.15) is 24.5 Å². The van der Waals surface area contributed by atoms with Crippen molar-refractivity contribution in [3.63, 3.8) is 0 Å². The molecule has 3 aromatic rings. The van der Waals surface area contributed by atoms with Gasteiger partial charge in [-0.25, -0.2) is 4.79 Å². The highest BCUT2D eigenvalue weighted by Crippen LogP contribution is 2.19. The first kappa shape index (κ1) is 29.6. The lowest BCUT2D eigenvalue weighted by Gasteiger charge is -2.25. The number of fused-ring (bicyclic) bond motifs is 1. The maximum absolute atomic E-state index is 13.5. The lowest BCUT2D eigenvalue weighted by Crippen LogP contribution is -2.58. The third kappa shape index (κ3) is 8.04. The molecule has 4 atom stereocenters. The fourth-order valence-corrected chi connectivity index (χ4v) is 4.03. The Balaban J connectivity index is 1.90. The second-order valence-electron chi connectivity index (χ2n) is 9.34. The van der Waals surface area contributed by atoms with Gasteiger partial charge in [0.2, 0.25) is 17.7 Å². The number of aliphatic carboxylic acids is 2. The Bertz CT molecular complexity index is 1390. The first-order valence-corrected chi connectivity index (χ1v) is 12.4. The molecule has 13 nitrogen and oxygen atoms in total. The fraction of sp³-hybridized carbons (Fsp3) is 0.296. The summed E-state index contributed by atoms with van der Waals surface area (Å²) in [5.74, 6) is -5.28. The van der Waals surface area contributed by atoms with Gasteiger partial charge >= 0.3 is 11.9 Å². The predicted octanol–water partition coefficient (Wildman–Crippen LogP) is 0.0196. The molecule has 0 aliphatic heterocycles. The molecule has 0 aliphatic rings. The summed E-state index contributed by atoms with van der Waals surface area (Å²) in [6, 6.07) is 7.98. The van der Waals surface area contributed by atoms with E-state index in [1.54, 1.807) is 30.5 Å². The monoisotopic (exact) mass is 553 g/mol. The van der Waals surface area contributed by atoms with Crippen LogP contribution in [-0.2, 0) is 36.8 Å². The summed E-state index contributed by atoms with van der Waals surface area (Å²) in [5, 5.41) is 36.1. The maximum Gasteiger partial charge on any atom is 0.326 e. The van der Waals surface area contributed by atoms with E-state index in [1.807, 2.05) is 12.1 Å². The number of aromatic nitrogens is 1. The minimum absolute atomic E-state index is 0.00850. The van der Waals surface area contributed by atoms with Gasteiger partial charge in [0.15, 0.2) is 0 Å². The van der Waals surface area contributed by atoms with Crippen LogP contribution in [-0.4, -0.2) is 74.1 Å². The summed E-state index contributed by atoms with van der Waals surface area (Å²) in [7, 11) is 0. The number of phenols is 1. The highest BCUT2D eigenvalue weighted by molar-refractivity contribution is 5.95. The predicted molar refractivity (Wildman–Crippen MR) is 143 cm³/mol. The number of H-pyrrole nitrogens is 1. The van der Waals surface area contributed by atoms with Crippen LogP contribution < -0.4 is 21.7 Å². The minimum atomic E-state index is -1.74. The number of carbonyl (C=O) groups is 5. The number of hydrogen-bond donors (Lipinski definition) is 8. The van der Waals surface area contributed by atoms with Crippen molar-refractivity contribution in [1.82, 2.24) is 20.9 Å². The smallest absolute Gasteiger partial charge is 0.326 e. The Morgan fingerprint density at radius 1 is 0.825 bits per heavy atom. The van der Waals surface area contributed by atoms with Crippen LogP contribution in [0, 0.1) is 0 Å². The fourth-order valence-electron chi connectivity index (χ4n) is 4.03. The van der Waals surface area contributed by atoms with Crippen molar-refractivity contribution in [1.29, 1.82) is 0 Å². The van der Waals surface area contributed by atoms with Gasteiger partial charge in [0, 0.05) is 29.9 Å². The van der Waals surface area contributed by atoms with Gasteiger partial charge in [-0.05, 0) is 36.2 Å². The zero-order valence-corrected chi connectivity index (χ0v) is 21.6. The van der Waals surface area contributed by atoms with Gasteiger partial charge < -0.3 is 42.0 Å². The van der Waals surface area contributed by atoms with E-state index in [9.17, 15) is 34.2 Å². The Morgan fingerprint density at radius 3 is 2.00 bits per heavy atom. The van der Waals surface area contributed by atoms with Crippen LogP contribution in [0.15, 0.2) is 54.7 Å². The average Bonchev–Trinajstić information content (AvgIpc) is 3.31. The molecule has 4 unspecified atom stereocenters. The molecule has 1 heterocycles. The molecule has 1 aromatic heterocycles. The number of para-hydroxylation sites is 1. The van der Waals surface area contributed by atoms with Crippen LogP contribution in [0.2, 0.25) is 0 Å². The van der Waals surface area contributed by atoms with Gasteiger partial charge in [-0.15, -0.1) is 0 Å². The summed E-state index contributed by atoms with van der Waals surface area (Å²) in [4.78, 5) is 64.9. The van der Waals surface area contributed by atoms with E-state index >= 15 is 0 Å². The van der Waals surface area contributed by atoms with Gasteiger partial charge in [-0.1, -0.05) is 30.3 Å². The zero-order chi connectivity index (χ0) is 29.4. The van der Waals surface area contributed by atoms with E-state index in [0.29, 0.717) is 11.1 Å². The average molecular weight is 554 g/mol. The van der Waals surface area contributed by atoms with Crippen LogP contribution >= 0.6 is 0 Å². The molecule has 0 saturated carbocycles. The number of carboxylic acid groups (broad SMARTS) is 2. The number of nitrogens with two attached hydrogens (primary N) is 1. The molecule has 3 amide bonds. The number of hydrogen-bond acceptors (Lipinski definition) is 7. The minimum Gasteiger partial charge on any atom is -0.508 e. The quantitative estimate of drug-likeness (QED) is 0.143. The molecule has 9 N–H and O–H groups in total. The van der Waals surface area contributed by atoms with Crippen molar-refractivity contribution < 1.29 is 39.3 Å². The van der Waals surface area contributed by atoms with Gasteiger partial charge in [0.25, 0.3) is 0 Å². The molecule has 3 rings (SSSR count). The highest BCUT2D eigenvalue weighted by Gasteiger charge is 2.31. The van der Waals surface area contributed by atoms with Crippen molar-refractivity contribution >= 4 is 40.6 Å². The second-order valence-corrected chi connectivity index (χ2v) is 9.34. The van der Waals surface area contributed by atoms with E-state index in [2.05, 4.69) is 20.9 Å². The molecule has 40 heavy (non-hydrogen) atoms. The van der Waals surface area contributed by atoms with Crippen LogP contribution in [0.5, 0.6) is 5.75 Å². The molecule has 0 bridgehead atoms. The summed E-state index contributed by atoms with van der Waals surface area (Å²) in [6.07, 6.45) is 0.689. The molecule has 0 saturated heterocycles. The van der Waals surface area contributed by atoms with E-state index in [-0.39, 0.29) is 18.6 Å². The Morgan fingerprint density at radius 2 is 1.40 bits per heavy atom. The highest BCUT2D eigenvalue weighted by atomic mass is 16.4. The van der Waals surface area contributed by atoms with E-state index in [4.69, 9.17) is 10.8 Å². The van der Waals surface area contributed by atoms with Crippen LogP contribution in [0.4, 0.5) is 0 Å². The SMILES string of the molecule is CC(N)C(=O)NC(Cc1ccc(O)cc1)C(=O)NC(Cc1c[nH]c2ccccc12)C(=O)NC(CC(=O)O)C(=O)O. The van der Waals surface area contributed by atoms with E-state index in [0.717, 1.165) is 10.9 Å². The Hall–Kier alpha value is -4.91. The van der Waals surface area contributed by atoms with Gasteiger partial charge in [0.05, 0.1) is 12.5 Å². The number of aromatic hydroxyl groups is 1. The number of phenolic OH excluding ortho intramolecular Hbond substituents is 1. The Labute approximate surface area is 228 Å². The molecule has 13 heteroatoms. The van der Waals surface area contributed by atoms with Crippen molar-refractivity contribution in [3.8, 4) is 5.75 Å². The molecule has 212 valence electrons. The number of carbonyl (C=O) groups excluding carboxylic acids is 3. The van der Waals surface area contributed by atoms with Gasteiger partial charge in [0.1, 0.15) is 23.9 Å². The molecule has 0 radical (unpaired) electrons. The van der Waals surface area contributed by atoms with Crippen LogP contribution in [0.25, 0.3) is 10.9 Å². The van der Waals surface area contributed by atoms with Crippen molar-refractivity contribution in [2.24, 2.45) is 5.73 Å². The number of rotatable bonds is 13. The summed E-state index contributed by atoms with van der Waals surface area (Å²) < 4.78 is 0. The number of aromatic amines is 1. The second kappa shape index (κ2) is 13.2. The molecule has 0 aliphatic carbocycles. The summed E-state index contributed by atoms with van der Waals surface area (Å²) in [6.45, 7) is 1.44. The first-order chi connectivity index (χ1) is 18.9. The van der Waals surface area contributed by atoms with Gasteiger partial charge in [-0.3, -0.25) is 19.2 Å². The van der Waals surface area contributed by atoms with E-state index in [1.165, 1.54) is 19.1 Å². The third-order valence-electron chi connectivity index (χ3n) is 6.15. The summed E-state index contributed by atoms with van der Waals surface area (Å²) >= 11 is 0. The molecular weight excluding hydrogens is 522 g/mol. The molecule has 0 fully saturated rings. The maximum atomic E-state index is 13.5. The third-order valence-corrected chi connectivity index (χ3v) is 6.15. The molecule has 2 aromatic carbocycles. The largest absolute Gasteiger partial charge is 0.508 e. The zero-order valence-electron chi connectivity index (χ0n) is 21.6. The number of nitrogens with one attached hydrogen (secondary N) is 4. The van der Waals surface area contributed by atoms with Gasteiger partial charge in [-0.2, -0.15) is 0 Å². The van der Waals surface area contributed by atoms with E-state index < -0.39 is 60.2 Å². The van der Waals surface area contributed by atoms with Crippen molar-refractivity contribution in [2.45, 2.75) is 50.4 Å².